The second kappa shape index (κ2) is 5.80. The van der Waals surface area contributed by atoms with Gasteiger partial charge >= 0.3 is 0 Å². The van der Waals surface area contributed by atoms with Gasteiger partial charge in [-0.1, -0.05) is 25.7 Å². The molecule has 0 unspecified atom stereocenters. The number of nitrogen functional groups attached to an aromatic ring is 1. The minimum atomic E-state index is 0.743. The molecule has 3 N–H and O–H groups in total. The predicted octanol–water partition coefficient (Wildman–Crippen LogP) is 3.27. The number of benzene rings is 1. The normalized spacial score (nSPS) is 16.1. The minimum absolute atomic E-state index is 0.743. The Morgan fingerprint density at radius 3 is 2.76 bits per heavy atom. The number of hydrogen-bond donors (Lipinski definition) is 2. The molecule has 3 heteroatoms. The number of ether oxygens (including phenoxy) is 1. The summed E-state index contributed by atoms with van der Waals surface area (Å²) in [4.78, 5) is 0. The molecule has 3 nitrogen and oxygen atoms in total. The van der Waals surface area contributed by atoms with Crippen LogP contribution < -0.4 is 15.8 Å². The van der Waals surface area contributed by atoms with Crippen LogP contribution in [-0.2, 0) is 0 Å². The van der Waals surface area contributed by atoms with Crippen LogP contribution in [-0.4, -0.2) is 13.7 Å². The van der Waals surface area contributed by atoms with Crippen molar-refractivity contribution in [3.8, 4) is 5.75 Å². The monoisotopic (exact) mass is 234 g/mol. The fraction of sp³-hybridized carbons (Fsp3) is 0.571. The van der Waals surface area contributed by atoms with Gasteiger partial charge in [-0.15, -0.1) is 0 Å². The molecule has 1 aliphatic carbocycles. The number of methoxy groups -OCH3 is 1. The van der Waals surface area contributed by atoms with Crippen LogP contribution in [0.2, 0.25) is 0 Å². The van der Waals surface area contributed by atoms with E-state index in [0.29, 0.717) is 0 Å². The predicted molar refractivity (Wildman–Crippen MR) is 72.5 cm³/mol. The third-order valence-corrected chi connectivity index (χ3v) is 3.52. The standard InChI is InChI=1S/C14H22N2O/c1-17-14-9-12(15)8-13(10-14)16-7-6-11-4-2-3-5-11/h8-11,16H,2-7,15H2,1H3. The molecular weight excluding hydrogens is 212 g/mol. The first-order chi connectivity index (χ1) is 8.28. The molecule has 1 fully saturated rings. The molecule has 0 amide bonds. The van der Waals surface area contributed by atoms with Crippen molar-refractivity contribution in [3.05, 3.63) is 18.2 Å². The fourth-order valence-electron chi connectivity index (χ4n) is 2.56. The molecule has 1 saturated carbocycles. The fourth-order valence-corrected chi connectivity index (χ4v) is 2.56. The van der Waals surface area contributed by atoms with Gasteiger partial charge in [-0.3, -0.25) is 0 Å². The lowest BCUT2D eigenvalue weighted by atomic mass is 10.0. The Labute approximate surface area is 103 Å². The molecule has 94 valence electrons. The van der Waals surface area contributed by atoms with Crippen LogP contribution in [0.5, 0.6) is 5.75 Å². The van der Waals surface area contributed by atoms with Gasteiger partial charge in [0.05, 0.1) is 7.11 Å². The second-order valence-electron chi connectivity index (χ2n) is 4.86. The van der Waals surface area contributed by atoms with E-state index in [2.05, 4.69) is 5.32 Å². The van der Waals surface area contributed by atoms with E-state index >= 15 is 0 Å². The van der Waals surface area contributed by atoms with Gasteiger partial charge in [0.15, 0.2) is 0 Å². The molecule has 0 atom stereocenters. The highest BCUT2D eigenvalue weighted by Crippen LogP contribution is 2.28. The van der Waals surface area contributed by atoms with Gasteiger partial charge in [0.2, 0.25) is 0 Å². The molecule has 2 rings (SSSR count). The zero-order chi connectivity index (χ0) is 12.1. The number of anilines is 2. The van der Waals surface area contributed by atoms with E-state index in [1.54, 1.807) is 7.11 Å². The Hall–Kier alpha value is -1.38. The number of rotatable bonds is 5. The summed E-state index contributed by atoms with van der Waals surface area (Å²) in [6, 6.07) is 5.78. The maximum Gasteiger partial charge on any atom is 0.122 e. The summed E-state index contributed by atoms with van der Waals surface area (Å²) in [7, 11) is 1.66. The van der Waals surface area contributed by atoms with Crippen LogP contribution in [0, 0.1) is 5.92 Å². The van der Waals surface area contributed by atoms with Crippen LogP contribution in [0.4, 0.5) is 11.4 Å². The van der Waals surface area contributed by atoms with Gasteiger partial charge in [-0.05, 0) is 18.4 Å². The average molecular weight is 234 g/mol. The molecule has 17 heavy (non-hydrogen) atoms. The van der Waals surface area contributed by atoms with Crippen molar-refractivity contribution in [2.75, 3.05) is 24.7 Å². The zero-order valence-electron chi connectivity index (χ0n) is 10.5. The second-order valence-corrected chi connectivity index (χ2v) is 4.86. The summed E-state index contributed by atoms with van der Waals surface area (Å²) in [6.07, 6.45) is 6.90. The zero-order valence-corrected chi connectivity index (χ0v) is 10.5. The Bertz CT molecular complexity index is 359. The highest BCUT2D eigenvalue weighted by molar-refractivity contribution is 5.59. The minimum Gasteiger partial charge on any atom is -0.497 e. The van der Waals surface area contributed by atoms with Gasteiger partial charge < -0.3 is 15.8 Å². The molecule has 0 aliphatic heterocycles. The summed E-state index contributed by atoms with van der Waals surface area (Å²) < 4.78 is 5.20. The van der Waals surface area contributed by atoms with Gasteiger partial charge in [0.1, 0.15) is 5.75 Å². The molecular formula is C14H22N2O. The van der Waals surface area contributed by atoms with Gasteiger partial charge in [-0.2, -0.15) is 0 Å². The van der Waals surface area contributed by atoms with E-state index in [0.717, 1.165) is 29.6 Å². The van der Waals surface area contributed by atoms with Crippen molar-refractivity contribution >= 4 is 11.4 Å². The average Bonchev–Trinajstić information content (AvgIpc) is 2.81. The molecule has 0 radical (unpaired) electrons. The molecule has 1 aromatic rings. The topological polar surface area (TPSA) is 47.3 Å². The van der Waals surface area contributed by atoms with Crippen molar-refractivity contribution in [2.45, 2.75) is 32.1 Å². The molecule has 1 aromatic carbocycles. The first-order valence-electron chi connectivity index (χ1n) is 6.46. The smallest absolute Gasteiger partial charge is 0.122 e. The van der Waals surface area contributed by atoms with E-state index in [1.807, 2.05) is 18.2 Å². The quantitative estimate of drug-likeness (QED) is 0.769. The third-order valence-electron chi connectivity index (χ3n) is 3.52. The number of nitrogens with one attached hydrogen (secondary N) is 1. The number of hydrogen-bond acceptors (Lipinski definition) is 3. The Balaban J connectivity index is 1.83. The van der Waals surface area contributed by atoms with Gasteiger partial charge in [-0.25, -0.2) is 0 Å². The lowest BCUT2D eigenvalue weighted by Crippen LogP contribution is -2.07. The molecule has 0 heterocycles. The number of nitrogens with two attached hydrogens (primary N) is 1. The first kappa shape index (κ1) is 12.1. The molecule has 0 aromatic heterocycles. The van der Waals surface area contributed by atoms with E-state index in [9.17, 15) is 0 Å². The van der Waals surface area contributed by atoms with Crippen molar-refractivity contribution in [3.63, 3.8) is 0 Å². The summed E-state index contributed by atoms with van der Waals surface area (Å²) in [5, 5.41) is 3.43. The van der Waals surface area contributed by atoms with Crippen molar-refractivity contribution < 1.29 is 4.74 Å². The summed E-state index contributed by atoms with van der Waals surface area (Å²) in [5.41, 5.74) is 7.61. The third kappa shape index (κ3) is 3.55. The Morgan fingerprint density at radius 2 is 2.06 bits per heavy atom. The van der Waals surface area contributed by atoms with Crippen LogP contribution in [0.15, 0.2) is 18.2 Å². The van der Waals surface area contributed by atoms with E-state index in [4.69, 9.17) is 10.5 Å². The van der Waals surface area contributed by atoms with Crippen molar-refractivity contribution in [2.24, 2.45) is 5.92 Å². The van der Waals surface area contributed by atoms with Crippen molar-refractivity contribution in [1.82, 2.24) is 0 Å². The SMILES string of the molecule is COc1cc(N)cc(NCCC2CCCC2)c1. The van der Waals surface area contributed by atoms with Gasteiger partial charge in [0, 0.05) is 30.1 Å². The Morgan fingerprint density at radius 1 is 1.29 bits per heavy atom. The summed E-state index contributed by atoms with van der Waals surface area (Å²) >= 11 is 0. The summed E-state index contributed by atoms with van der Waals surface area (Å²) in [6.45, 7) is 1.03. The highest BCUT2D eigenvalue weighted by atomic mass is 16.5. The lowest BCUT2D eigenvalue weighted by Gasteiger charge is -2.12. The van der Waals surface area contributed by atoms with Crippen LogP contribution in [0.1, 0.15) is 32.1 Å². The van der Waals surface area contributed by atoms with Crippen LogP contribution in [0.25, 0.3) is 0 Å². The first-order valence-corrected chi connectivity index (χ1v) is 6.46. The Kier molecular flexibility index (Phi) is 4.13. The van der Waals surface area contributed by atoms with Gasteiger partial charge in [0.25, 0.3) is 0 Å². The van der Waals surface area contributed by atoms with Crippen LogP contribution >= 0.6 is 0 Å². The van der Waals surface area contributed by atoms with E-state index < -0.39 is 0 Å². The van der Waals surface area contributed by atoms with Crippen LogP contribution in [0.3, 0.4) is 0 Å². The molecule has 0 bridgehead atoms. The lowest BCUT2D eigenvalue weighted by molar-refractivity contribution is 0.415. The molecule has 1 aliphatic rings. The van der Waals surface area contributed by atoms with E-state index in [1.165, 1.54) is 32.1 Å². The summed E-state index contributed by atoms with van der Waals surface area (Å²) in [5.74, 6) is 1.74. The molecule has 0 spiro atoms. The highest BCUT2D eigenvalue weighted by Gasteiger charge is 2.14. The maximum absolute atomic E-state index is 5.81. The largest absolute Gasteiger partial charge is 0.497 e. The van der Waals surface area contributed by atoms with Crippen molar-refractivity contribution in [1.29, 1.82) is 0 Å². The van der Waals surface area contributed by atoms with E-state index in [-0.39, 0.29) is 0 Å². The maximum atomic E-state index is 5.81. The molecule has 0 saturated heterocycles.